The average molecular weight is 358 g/mol. The third-order valence-electron chi connectivity index (χ3n) is 2.75. The van der Waals surface area contributed by atoms with Crippen LogP contribution in [-0.2, 0) is 16.1 Å². The minimum absolute atomic E-state index is 0.0185. The number of thioether (sulfide) groups is 1. The van der Waals surface area contributed by atoms with Crippen molar-refractivity contribution in [3.8, 4) is 0 Å². The van der Waals surface area contributed by atoms with Gasteiger partial charge in [-0.25, -0.2) is 4.39 Å². The number of amides is 2. The second-order valence-electron chi connectivity index (χ2n) is 4.54. The Bertz CT molecular complexity index is 752. The number of nitrogens with one attached hydrogen (secondary N) is 1. The van der Waals surface area contributed by atoms with E-state index in [1.165, 1.54) is 16.7 Å². The van der Waals surface area contributed by atoms with Crippen LogP contribution < -0.4 is 11.1 Å². The van der Waals surface area contributed by atoms with Crippen molar-refractivity contribution in [1.29, 1.82) is 0 Å². The van der Waals surface area contributed by atoms with E-state index in [9.17, 15) is 14.0 Å². The van der Waals surface area contributed by atoms with Crippen molar-refractivity contribution in [3.05, 3.63) is 34.9 Å². The Hall–Kier alpha value is -2.13. The number of halogens is 2. The molecule has 0 saturated heterocycles. The maximum atomic E-state index is 12.9. The molecular weight excluding hydrogens is 345 g/mol. The van der Waals surface area contributed by atoms with Gasteiger partial charge in [-0.2, -0.15) is 0 Å². The van der Waals surface area contributed by atoms with E-state index in [1.807, 2.05) is 0 Å². The lowest BCUT2D eigenvalue weighted by molar-refractivity contribution is -0.118. The minimum atomic E-state index is -0.530. The Kier molecular flexibility index (Phi) is 5.56. The Morgan fingerprint density at radius 2 is 2.17 bits per heavy atom. The van der Waals surface area contributed by atoms with Crippen molar-refractivity contribution >= 4 is 40.9 Å². The van der Waals surface area contributed by atoms with Crippen molar-refractivity contribution in [2.75, 3.05) is 11.1 Å². The minimum Gasteiger partial charge on any atom is -0.368 e. The molecular formula is C13H13ClFN5O2S. The summed E-state index contributed by atoms with van der Waals surface area (Å²) in [6.07, 6.45) is 0. The van der Waals surface area contributed by atoms with Crippen molar-refractivity contribution in [3.63, 3.8) is 0 Å². The van der Waals surface area contributed by atoms with Crippen molar-refractivity contribution in [2.45, 2.75) is 18.6 Å². The molecule has 0 aliphatic carbocycles. The zero-order valence-corrected chi connectivity index (χ0v) is 13.6. The molecule has 0 aliphatic heterocycles. The van der Waals surface area contributed by atoms with Crippen LogP contribution >= 0.6 is 23.4 Å². The molecule has 0 atom stereocenters. The number of aryl methyl sites for hydroxylation is 1. The second-order valence-corrected chi connectivity index (χ2v) is 5.89. The summed E-state index contributed by atoms with van der Waals surface area (Å²) in [5.41, 5.74) is 5.47. The number of carbonyl (C=O) groups is 2. The smallest absolute Gasteiger partial charge is 0.237 e. The number of hydrogen-bond donors (Lipinski definition) is 2. The van der Waals surface area contributed by atoms with Gasteiger partial charge in [0.25, 0.3) is 0 Å². The lowest BCUT2D eigenvalue weighted by atomic mass is 10.3. The molecule has 3 N–H and O–H groups in total. The number of anilines is 1. The quantitative estimate of drug-likeness (QED) is 0.764. The van der Waals surface area contributed by atoms with Crippen LogP contribution in [0.15, 0.2) is 23.4 Å². The molecule has 0 unspecified atom stereocenters. The maximum Gasteiger partial charge on any atom is 0.237 e. The monoisotopic (exact) mass is 357 g/mol. The van der Waals surface area contributed by atoms with Crippen molar-refractivity contribution in [1.82, 2.24) is 14.8 Å². The zero-order valence-electron chi connectivity index (χ0n) is 12.0. The topological polar surface area (TPSA) is 103 Å². The number of hydrogen-bond acceptors (Lipinski definition) is 5. The summed E-state index contributed by atoms with van der Waals surface area (Å²) < 4.78 is 14.5. The van der Waals surface area contributed by atoms with Crippen LogP contribution in [0.25, 0.3) is 0 Å². The van der Waals surface area contributed by atoms with Crippen LogP contribution in [0.2, 0.25) is 5.02 Å². The van der Waals surface area contributed by atoms with Crippen LogP contribution in [0.5, 0.6) is 0 Å². The van der Waals surface area contributed by atoms with Gasteiger partial charge in [0.15, 0.2) is 5.16 Å². The van der Waals surface area contributed by atoms with E-state index in [-0.39, 0.29) is 23.2 Å². The summed E-state index contributed by atoms with van der Waals surface area (Å²) >= 11 is 6.94. The molecule has 0 spiro atoms. The highest BCUT2D eigenvalue weighted by atomic mass is 35.5. The molecule has 0 bridgehead atoms. The van der Waals surface area contributed by atoms with Crippen LogP contribution in [0.3, 0.4) is 0 Å². The first kappa shape index (κ1) is 17.2. The molecule has 7 nitrogen and oxygen atoms in total. The predicted octanol–water partition coefficient (Wildman–Crippen LogP) is 1.60. The largest absolute Gasteiger partial charge is 0.368 e. The molecule has 23 heavy (non-hydrogen) atoms. The van der Waals surface area contributed by atoms with Gasteiger partial charge in [0.1, 0.15) is 18.2 Å². The molecule has 10 heteroatoms. The highest BCUT2D eigenvalue weighted by Crippen LogP contribution is 2.23. The van der Waals surface area contributed by atoms with E-state index in [2.05, 4.69) is 15.5 Å². The molecule has 122 valence electrons. The van der Waals surface area contributed by atoms with E-state index in [0.29, 0.717) is 16.7 Å². The zero-order chi connectivity index (χ0) is 17.0. The molecule has 2 aromatic rings. The van der Waals surface area contributed by atoms with E-state index in [1.54, 1.807) is 6.92 Å². The third-order valence-corrected chi connectivity index (χ3v) is 4.03. The highest BCUT2D eigenvalue weighted by molar-refractivity contribution is 7.99. The molecule has 1 aromatic heterocycles. The van der Waals surface area contributed by atoms with Gasteiger partial charge in [-0.15, -0.1) is 10.2 Å². The van der Waals surface area contributed by atoms with E-state index in [4.69, 9.17) is 17.3 Å². The summed E-state index contributed by atoms with van der Waals surface area (Å²) in [5.74, 6) is -0.831. The summed E-state index contributed by atoms with van der Waals surface area (Å²) in [5, 5.41) is 10.8. The normalized spacial score (nSPS) is 10.6. The summed E-state index contributed by atoms with van der Waals surface area (Å²) in [4.78, 5) is 23.0. The Balaban J connectivity index is 1.98. The summed E-state index contributed by atoms with van der Waals surface area (Å²) in [6.45, 7) is 1.62. The maximum absolute atomic E-state index is 12.9. The fraction of sp³-hybridized carbons (Fsp3) is 0.231. The van der Waals surface area contributed by atoms with Crippen LogP contribution in [0, 0.1) is 12.7 Å². The molecule has 0 aliphatic rings. The fourth-order valence-electron chi connectivity index (χ4n) is 1.71. The lowest BCUT2D eigenvalue weighted by Gasteiger charge is -2.08. The number of nitrogens with two attached hydrogens (primary N) is 1. The molecule has 0 fully saturated rings. The predicted molar refractivity (Wildman–Crippen MR) is 84.7 cm³/mol. The van der Waals surface area contributed by atoms with E-state index >= 15 is 0 Å². The first-order valence-corrected chi connectivity index (χ1v) is 7.79. The number of benzene rings is 1. The van der Waals surface area contributed by atoms with Crippen LogP contribution in [0.1, 0.15) is 5.82 Å². The molecule has 2 rings (SSSR count). The number of carbonyl (C=O) groups excluding carboxylic acids is 2. The van der Waals surface area contributed by atoms with E-state index in [0.717, 1.165) is 17.8 Å². The van der Waals surface area contributed by atoms with Gasteiger partial charge in [-0.1, -0.05) is 23.4 Å². The van der Waals surface area contributed by atoms with Gasteiger partial charge in [0.2, 0.25) is 11.8 Å². The Labute approximate surface area is 140 Å². The first-order chi connectivity index (χ1) is 10.9. The second kappa shape index (κ2) is 7.42. The van der Waals surface area contributed by atoms with Crippen LogP contribution in [0.4, 0.5) is 10.1 Å². The van der Waals surface area contributed by atoms with Gasteiger partial charge in [0, 0.05) is 0 Å². The molecule has 2 amide bonds. The van der Waals surface area contributed by atoms with Crippen LogP contribution in [-0.4, -0.2) is 32.3 Å². The summed E-state index contributed by atoms with van der Waals surface area (Å²) in [6, 6.07) is 3.68. The Morgan fingerprint density at radius 3 is 2.83 bits per heavy atom. The highest BCUT2D eigenvalue weighted by Gasteiger charge is 2.14. The number of rotatable bonds is 6. The number of primary amides is 1. The van der Waals surface area contributed by atoms with E-state index < -0.39 is 11.7 Å². The third kappa shape index (κ3) is 4.67. The van der Waals surface area contributed by atoms with Gasteiger partial charge < -0.3 is 11.1 Å². The molecule has 0 saturated carbocycles. The van der Waals surface area contributed by atoms with Crippen molar-refractivity contribution in [2.24, 2.45) is 5.73 Å². The Morgan fingerprint density at radius 1 is 1.43 bits per heavy atom. The van der Waals surface area contributed by atoms with Gasteiger partial charge >= 0.3 is 0 Å². The SMILES string of the molecule is Cc1nnc(SCC(=O)Nc2ccc(F)cc2Cl)n1CC(N)=O. The lowest BCUT2D eigenvalue weighted by Crippen LogP contribution is -2.20. The number of aromatic nitrogens is 3. The molecule has 1 heterocycles. The fourth-order valence-corrected chi connectivity index (χ4v) is 2.71. The average Bonchev–Trinajstić information content (AvgIpc) is 2.80. The molecule has 1 aromatic carbocycles. The number of nitrogens with zero attached hydrogens (tertiary/aromatic N) is 3. The first-order valence-electron chi connectivity index (χ1n) is 6.42. The van der Waals surface area contributed by atoms with Crippen molar-refractivity contribution < 1.29 is 14.0 Å². The van der Waals surface area contributed by atoms with Gasteiger partial charge in [0.05, 0.1) is 16.5 Å². The standard InChI is InChI=1S/C13H13ClFN5O2S/c1-7-18-19-13(20(7)5-11(16)21)23-6-12(22)17-10-3-2-8(15)4-9(10)14/h2-4H,5-6H2,1H3,(H2,16,21)(H,17,22). The van der Waals surface area contributed by atoms with Gasteiger partial charge in [-0.05, 0) is 25.1 Å². The summed E-state index contributed by atoms with van der Waals surface area (Å²) in [7, 11) is 0. The molecule has 0 radical (unpaired) electrons. The van der Waals surface area contributed by atoms with Gasteiger partial charge in [-0.3, -0.25) is 14.2 Å².